The Bertz CT molecular complexity index is 1320. The van der Waals surface area contributed by atoms with Crippen LogP contribution < -0.4 is 10.6 Å². The molecule has 5 nitrogen and oxygen atoms in total. The normalized spacial score (nSPS) is 24.0. The predicted molar refractivity (Wildman–Crippen MR) is 135 cm³/mol. The molecule has 0 spiro atoms. The Kier molecular flexibility index (Phi) is 7.21. The molecule has 3 aliphatic heterocycles. The number of fused-ring (bicyclic) bond motifs is 4. The number of pyridine rings is 1. The Morgan fingerprint density at radius 1 is 1.05 bits per heavy atom. The molecule has 3 saturated heterocycles. The van der Waals surface area contributed by atoms with E-state index < -0.39 is 41.2 Å². The quantitative estimate of drug-likeness (QED) is 0.329. The van der Waals surface area contributed by atoms with E-state index in [-0.39, 0.29) is 12.1 Å². The van der Waals surface area contributed by atoms with Gasteiger partial charge in [-0.25, -0.2) is 4.79 Å². The molecule has 2 aromatic carbocycles. The van der Waals surface area contributed by atoms with Gasteiger partial charge in [0, 0.05) is 29.9 Å². The fraction of sp³-hybridized carbons (Fsp3) is 0.429. The summed E-state index contributed by atoms with van der Waals surface area (Å²) in [5.41, 5.74) is -2.07. The summed E-state index contributed by atoms with van der Waals surface area (Å²) in [6.45, 7) is 3.89. The first-order valence-electron chi connectivity index (χ1n) is 12.9. The average Bonchev–Trinajstić information content (AvgIpc) is 2.90. The van der Waals surface area contributed by atoms with Crippen molar-refractivity contribution in [3.05, 3.63) is 71.4 Å². The number of hydrogen-bond acceptors (Lipinski definition) is 3. The van der Waals surface area contributed by atoms with E-state index in [0.717, 1.165) is 48.8 Å². The van der Waals surface area contributed by atoms with Gasteiger partial charge in [-0.15, -0.1) is 0 Å². The molecule has 3 aromatic rings. The maximum atomic E-state index is 13.3. The van der Waals surface area contributed by atoms with E-state index in [2.05, 4.69) is 27.4 Å². The molecule has 2 bridgehead atoms. The van der Waals surface area contributed by atoms with E-state index in [1.807, 2.05) is 24.3 Å². The molecule has 2 amide bonds. The van der Waals surface area contributed by atoms with Crippen LogP contribution in [0, 0.1) is 11.8 Å². The predicted octanol–water partition coefficient (Wildman–Crippen LogP) is 7.26. The number of rotatable bonds is 5. The van der Waals surface area contributed by atoms with Crippen LogP contribution in [0.3, 0.4) is 0 Å². The van der Waals surface area contributed by atoms with Crippen LogP contribution in [0.5, 0.6) is 0 Å². The smallest absolute Gasteiger partial charge is 0.329 e. The molecular formula is C28H28F6N4O. The van der Waals surface area contributed by atoms with Crippen LogP contribution >= 0.6 is 0 Å². The van der Waals surface area contributed by atoms with Gasteiger partial charge in [-0.1, -0.05) is 31.5 Å². The lowest BCUT2D eigenvalue weighted by molar-refractivity contribution is -0.143. The fourth-order valence-corrected chi connectivity index (χ4v) is 6.09. The first-order valence-corrected chi connectivity index (χ1v) is 12.9. The Balaban J connectivity index is 1.48. The lowest BCUT2D eigenvalue weighted by Crippen LogP contribution is -2.58. The SMILES string of the molecule is CC[C@H]1CN2CC[C@H]1C[C@@H]2[C@H](NC(=O)Nc1cc(C(F)(F)F)cc(C(F)(F)F)c1)c1ccnc2ccccc12. The number of hydrogen-bond donors (Lipinski definition) is 2. The monoisotopic (exact) mass is 550 g/mol. The Hall–Kier alpha value is -3.34. The highest BCUT2D eigenvalue weighted by Gasteiger charge is 2.44. The number of anilines is 1. The number of carbonyl (C=O) groups excluding carboxylic acids is 1. The molecule has 1 unspecified atom stereocenters. The van der Waals surface area contributed by atoms with Crippen LogP contribution in [0.4, 0.5) is 36.8 Å². The molecule has 0 aliphatic carbocycles. The summed E-state index contributed by atoms with van der Waals surface area (Å²) in [5.74, 6) is 1.02. The van der Waals surface area contributed by atoms with Crippen LogP contribution in [-0.2, 0) is 12.4 Å². The van der Waals surface area contributed by atoms with Crippen LogP contribution in [0.15, 0.2) is 54.7 Å². The van der Waals surface area contributed by atoms with Crippen LogP contribution in [0.2, 0.25) is 0 Å². The minimum Gasteiger partial charge on any atom is -0.329 e. The number of aromatic nitrogens is 1. The van der Waals surface area contributed by atoms with Crippen molar-refractivity contribution in [2.45, 2.75) is 50.6 Å². The van der Waals surface area contributed by atoms with Gasteiger partial charge in [0.05, 0.1) is 22.7 Å². The molecule has 208 valence electrons. The number of nitrogens with one attached hydrogen (secondary N) is 2. The van der Waals surface area contributed by atoms with Crippen LogP contribution in [-0.4, -0.2) is 35.0 Å². The van der Waals surface area contributed by atoms with Crippen molar-refractivity contribution in [1.29, 1.82) is 0 Å². The second-order valence-electron chi connectivity index (χ2n) is 10.3. The average molecular weight is 551 g/mol. The summed E-state index contributed by atoms with van der Waals surface area (Å²) in [4.78, 5) is 19.9. The molecule has 5 atom stereocenters. The third-order valence-corrected chi connectivity index (χ3v) is 8.00. The minimum atomic E-state index is -5.02. The lowest BCUT2D eigenvalue weighted by Gasteiger charge is -2.52. The van der Waals surface area contributed by atoms with Crippen LogP contribution in [0.1, 0.15) is 48.9 Å². The molecular weight excluding hydrogens is 522 g/mol. The van der Waals surface area contributed by atoms with Crippen molar-refractivity contribution in [1.82, 2.24) is 15.2 Å². The Morgan fingerprint density at radius 3 is 2.36 bits per heavy atom. The fourth-order valence-electron chi connectivity index (χ4n) is 6.09. The molecule has 6 rings (SSSR count). The van der Waals surface area contributed by atoms with Gasteiger partial charge in [-0.2, -0.15) is 26.3 Å². The molecule has 2 N–H and O–H groups in total. The van der Waals surface area contributed by atoms with Gasteiger partial charge in [0.1, 0.15) is 0 Å². The van der Waals surface area contributed by atoms with Crippen molar-refractivity contribution in [3.63, 3.8) is 0 Å². The van der Waals surface area contributed by atoms with Gasteiger partial charge < -0.3 is 10.6 Å². The number of nitrogens with zero attached hydrogens (tertiary/aromatic N) is 2. The van der Waals surface area contributed by atoms with E-state index >= 15 is 0 Å². The van der Waals surface area contributed by atoms with Crippen molar-refractivity contribution in [2.75, 3.05) is 18.4 Å². The highest BCUT2D eigenvalue weighted by Crippen LogP contribution is 2.43. The Morgan fingerprint density at radius 2 is 1.74 bits per heavy atom. The first kappa shape index (κ1) is 27.2. The highest BCUT2D eigenvalue weighted by atomic mass is 19.4. The van der Waals surface area contributed by atoms with Gasteiger partial charge in [0.25, 0.3) is 0 Å². The zero-order chi connectivity index (χ0) is 27.9. The van der Waals surface area contributed by atoms with E-state index in [0.29, 0.717) is 24.0 Å². The largest absolute Gasteiger partial charge is 0.416 e. The summed E-state index contributed by atoms with van der Waals surface area (Å²) in [6.07, 6.45) is -5.48. The summed E-state index contributed by atoms with van der Waals surface area (Å²) in [5, 5.41) is 5.95. The van der Waals surface area contributed by atoms with Crippen molar-refractivity contribution < 1.29 is 31.1 Å². The number of urea groups is 1. The van der Waals surface area contributed by atoms with Gasteiger partial charge in [0.2, 0.25) is 0 Å². The molecule has 39 heavy (non-hydrogen) atoms. The number of para-hydroxylation sites is 1. The first-order chi connectivity index (χ1) is 18.4. The summed E-state index contributed by atoms with van der Waals surface area (Å²) < 4.78 is 80.0. The number of carbonyl (C=O) groups is 1. The Labute approximate surface area is 221 Å². The van der Waals surface area contributed by atoms with E-state index in [1.165, 1.54) is 0 Å². The van der Waals surface area contributed by atoms with Crippen molar-refractivity contribution in [3.8, 4) is 0 Å². The number of benzene rings is 2. The van der Waals surface area contributed by atoms with Crippen LogP contribution in [0.25, 0.3) is 10.9 Å². The third-order valence-electron chi connectivity index (χ3n) is 8.00. The maximum Gasteiger partial charge on any atom is 0.416 e. The van der Waals surface area contributed by atoms with Gasteiger partial charge in [0.15, 0.2) is 0 Å². The number of alkyl halides is 6. The second kappa shape index (κ2) is 10.3. The molecule has 0 radical (unpaired) electrons. The maximum absolute atomic E-state index is 13.3. The number of halogens is 6. The second-order valence-corrected chi connectivity index (χ2v) is 10.3. The van der Waals surface area contributed by atoms with Gasteiger partial charge in [-0.3, -0.25) is 9.88 Å². The lowest BCUT2D eigenvalue weighted by atomic mass is 9.72. The van der Waals surface area contributed by atoms with E-state index in [9.17, 15) is 31.1 Å². The molecule has 3 aliphatic rings. The molecule has 3 fully saturated rings. The minimum absolute atomic E-state index is 0.0329. The number of piperidine rings is 3. The summed E-state index contributed by atoms with van der Waals surface area (Å²) >= 11 is 0. The number of amides is 2. The summed E-state index contributed by atoms with van der Waals surface area (Å²) in [7, 11) is 0. The topological polar surface area (TPSA) is 57.3 Å². The van der Waals surface area contributed by atoms with Gasteiger partial charge in [-0.05, 0) is 67.1 Å². The third kappa shape index (κ3) is 5.68. The van der Waals surface area contributed by atoms with E-state index in [1.54, 1.807) is 12.3 Å². The standard InChI is InChI=1S/C28H28F6N4O/c1-2-16-15-38-10-8-17(16)11-24(38)25(22-7-9-35-23-6-4-3-5-21(22)23)37-26(39)36-20-13-18(27(29,30)31)12-19(14-20)28(32,33)34/h3-7,9,12-14,16-17,24-25H,2,8,10-11,15H2,1H3,(H2,36,37,39)/t16-,17-,24+,25+/m0/s1. The molecule has 11 heteroatoms. The molecule has 1 aromatic heterocycles. The van der Waals surface area contributed by atoms with Crippen molar-refractivity contribution in [2.24, 2.45) is 11.8 Å². The molecule has 0 saturated carbocycles. The van der Waals surface area contributed by atoms with Crippen molar-refractivity contribution >= 4 is 22.6 Å². The zero-order valence-corrected chi connectivity index (χ0v) is 21.1. The highest BCUT2D eigenvalue weighted by molar-refractivity contribution is 5.91. The van der Waals surface area contributed by atoms with Gasteiger partial charge >= 0.3 is 18.4 Å². The molecule has 4 heterocycles. The van der Waals surface area contributed by atoms with E-state index in [4.69, 9.17) is 0 Å². The summed E-state index contributed by atoms with van der Waals surface area (Å²) in [6, 6.07) is 8.74. The zero-order valence-electron chi connectivity index (χ0n) is 21.1.